The Morgan fingerprint density at radius 2 is 1.83 bits per heavy atom. The van der Waals surface area contributed by atoms with Crippen molar-refractivity contribution in [2.75, 3.05) is 7.11 Å². The molecule has 0 aliphatic heterocycles. The van der Waals surface area contributed by atoms with Crippen molar-refractivity contribution in [2.45, 2.75) is 38.3 Å². The molecule has 1 amide bonds. The monoisotopic (exact) mass is 174 g/mol. The quantitative estimate of drug-likeness (QED) is 0.630. The number of rotatable bonds is 4. The van der Waals surface area contributed by atoms with Crippen LogP contribution in [0.15, 0.2) is 0 Å². The maximum absolute atomic E-state index is 10.9. The van der Waals surface area contributed by atoms with Crippen LogP contribution in [-0.4, -0.2) is 24.2 Å². The van der Waals surface area contributed by atoms with Crippen molar-refractivity contribution in [3.05, 3.63) is 0 Å². The van der Waals surface area contributed by atoms with Crippen molar-refractivity contribution in [3.8, 4) is 0 Å². The summed E-state index contributed by atoms with van der Waals surface area (Å²) in [6.45, 7) is 5.33. The second-order valence-corrected chi connectivity index (χ2v) is 3.92. The maximum atomic E-state index is 10.9. The lowest BCUT2D eigenvalue weighted by molar-refractivity contribution is -0.125. The Bertz CT molecular complexity index is 176. The summed E-state index contributed by atoms with van der Waals surface area (Å²) in [7, 11) is 1.58. The van der Waals surface area contributed by atoms with E-state index in [-0.39, 0.29) is 0 Å². The van der Waals surface area contributed by atoms with Gasteiger partial charge in [0.15, 0.2) is 0 Å². The average molecular weight is 174 g/mol. The number of nitrogens with two attached hydrogens (primary N) is 2. The number of hydrogen-bond acceptors (Lipinski definition) is 3. The molecule has 0 aliphatic rings. The third-order valence-electron chi connectivity index (χ3n) is 1.91. The Kier molecular flexibility index (Phi) is 3.24. The molecule has 0 aromatic rings. The van der Waals surface area contributed by atoms with E-state index in [2.05, 4.69) is 0 Å². The summed E-state index contributed by atoms with van der Waals surface area (Å²) in [6, 6.07) is 0. The Morgan fingerprint density at radius 3 is 2.08 bits per heavy atom. The SMILES string of the molecule is COC(C)(C)CC(C)(N)C(N)=O. The van der Waals surface area contributed by atoms with Gasteiger partial charge in [0.05, 0.1) is 11.1 Å². The second kappa shape index (κ2) is 3.41. The van der Waals surface area contributed by atoms with Crippen molar-refractivity contribution >= 4 is 5.91 Å². The number of carbonyl (C=O) groups excluding carboxylic acids is 1. The van der Waals surface area contributed by atoms with Crippen LogP contribution in [0.2, 0.25) is 0 Å². The minimum Gasteiger partial charge on any atom is -0.379 e. The first-order valence-corrected chi connectivity index (χ1v) is 3.85. The van der Waals surface area contributed by atoms with Gasteiger partial charge in [-0.05, 0) is 20.8 Å². The number of amides is 1. The van der Waals surface area contributed by atoms with Crippen molar-refractivity contribution < 1.29 is 9.53 Å². The van der Waals surface area contributed by atoms with Crippen LogP contribution in [0.5, 0.6) is 0 Å². The predicted octanol–water partition coefficient (Wildman–Crippen LogP) is 0.00420. The Hall–Kier alpha value is -0.610. The summed E-state index contributed by atoms with van der Waals surface area (Å²) in [6.07, 6.45) is 0.409. The van der Waals surface area contributed by atoms with Crippen molar-refractivity contribution in [1.29, 1.82) is 0 Å². The Labute approximate surface area is 73.2 Å². The van der Waals surface area contributed by atoms with Gasteiger partial charge in [0.25, 0.3) is 0 Å². The normalized spacial score (nSPS) is 17.1. The van der Waals surface area contributed by atoms with E-state index in [1.54, 1.807) is 14.0 Å². The topological polar surface area (TPSA) is 78.3 Å². The smallest absolute Gasteiger partial charge is 0.237 e. The molecule has 0 aliphatic carbocycles. The molecule has 0 spiro atoms. The lowest BCUT2D eigenvalue weighted by atomic mass is 9.88. The third kappa shape index (κ3) is 3.19. The standard InChI is InChI=1S/C8H18N2O2/c1-7(2,12-4)5-8(3,10)6(9)11/h5,10H2,1-4H3,(H2,9,11). The molecule has 1 unspecified atom stereocenters. The zero-order chi connectivity index (χ0) is 9.99. The summed E-state index contributed by atoms with van der Waals surface area (Å²) >= 11 is 0. The van der Waals surface area contributed by atoms with E-state index < -0.39 is 17.0 Å². The predicted molar refractivity (Wildman–Crippen MR) is 47.5 cm³/mol. The molecule has 0 bridgehead atoms. The van der Waals surface area contributed by atoms with Crippen LogP contribution < -0.4 is 11.5 Å². The van der Waals surface area contributed by atoms with Crippen molar-refractivity contribution in [1.82, 2.24) is 0 Å². The molecule has 4 N–H and O–H groups in total. The van der Waals surface area contributed by atoms with Gasteiger partial charge >= 0.3 is 0 Å². The van der Waals surface area contributed by atoms with Gasteiger partial charge in [0, 0.05) is 13.5 Å². The molecule has 0 saturated heterocycles. The average Bonchev–Trinajstić information content (AvgIpc) is 1.85. The number of hydrogen-bond donors (Lipinski definition) is 2. The molecular weight excluding hydrogens is 156 g/mol. The summed E-state index contributed by atoms with van der Waals surface area (Å²) in [5, 5.41) is 0. The highest BCUT2D eigenvalue weighted by Crippen LogP contribution is 2.20. The van der Waals surface area contributed by atoms with Crippen LogP contribution >= 0.6 is 0 Å². The molecule has 0 aromatic heterocycles. The Balaban J connectivity index is 4.34. The van der Waals surface area contributed by atoms with Gasteiger partial charge in [0.1, 0.15) is 0 Å². The van der Waals surface area contributed by atoms with E-state index in [1.807, 2.05) is 13.8 Å². The van der Waals surface area contributed by atoms with Crippen LogP contribution in [0.25, 0.3) is 0 Å². The lowest BCUT2D eigenvalue weighted by Gasteiger charge is -2.31. The van der Waals surface area contributed by atoms with E-state index >= 15 is 0 Å². The van der Waals surface area contributed by atoms with Gasteiger partial charge in [-0.2, -0.15) is 0 Å². The summed E-state index contributed by atoms with van der Waals surface area (Å²) < 4.78 is 5.14. The number of primary amides is 1. The molecule has 0 saturated carbocycles. The first-order valence-electron chi connectivity index (χ1n) is 3.85. The Morgan fingerprint density at radius 1 is 1.42 bits per heavy atom. The number of methoxy groups -OCH3 is 1. The highest BCUT2D eigenvalue weighted by atomic mass is 16.5. The minimum atomic E-state index is -1.00. The van der Waals surface area contributed by atoms with Crippen LogP contribution in [0, 0.1) is 0 Å². The summed E-state index contributed by atoms with van der Waals surface area (Å²) in [5.74, 6) is -0.507. The lowest BCUT2D eigenvalue weighted by Crippen LogP contribution is -2.53. The highest BCUT2D eigenvalue weighted by molar-refractivity contribution is 5.83. The first kappa shape index (κ1) is 11.4. The molecule has 0 heterocycles. The molecule has 0 rings (SSSR count). The molecule has 4 heteroatoms. The van der Waals surface area contributed by atoms with Crippen molar-refractivity contribution in [2.24, 2.45) is 11.5 Å². The van der Waals surface area contributed by atoms with E-state index in [4.69, 9.17) is 16.2 Å². The molecule has 4 nitrogen and oxygen atoms in total. The van der Waals surface area contributed by atoms with Gasteiger partial charge < -0.3 is 16.2 Å². The largest absolute Gasteiger partial charge is 0.379 e. The van der Waals surface area contributed by atoms with E-state index in [0.717, 1.165) is 0 Å². The highest BCUT2D eigenvalue weighted by Gasteiger charge is 2.33. The third-order valence-corrected chi connectivity index (χ3v) is 1.91. The van der Waals surface area contributed by atoms with Gasteiger partial charge in [-0.3, -0.25) is 4.79 Å². The van der Waals surface area contributed by atoms with Crippen LogP contribution in [0.4, 0.5) is 0 Å². The van der Waals surface area contributed by atoms with Gasteiger partial charge in [-0.15, -0.1) is 0 Å². The number of carbonyl (C=O) groups is 1. The summed E-state index contributed by atoms with van der Waals surface area (Å²) in [5.41, 5.74) is 9.36. The minimum absolute atomic E-state index is 0.409. The van der Waals surface area contributed by atoms with Crippen LogP contribution in [-0.2, 0) is 9.53 Å². The van der Waals surface area contributed by atoms with Gasteiger partial charge in [0.2, 0.25) is 5.91 Å². The van der Waals surface area contributed by atoms with E-state index in [9.17, 15) is 4.79 Å². The first-order chi connectivity index (χ1) is 5.21. The van der Waals surface area contributed by atoms with Gasteiger partial charge in [-0.25, -0.2) is 0 Å². The van der Waals surface area contributed by atoms with Crippen LogP contribution in [0.3, 0.4) is 0 Å². The molecule has 12 heavy (non-hydrogen) atoms. The van der Waals surface area contributed by atoms with Crippen LogP contribution in [0.1, 0.15) is 27.2 Å². The fraction of sp³-hybridized carbons (Fsp3) is 0.875. The van der Waals surface area contributed by atoms with E-state index in [0.29, 0.717) is 6.42 Å². The molecule has 72 valence electrons. The molecular formula is C8H18N2O2. The zero-order valence-electron chi connectivity index (χ0n) is 8.18. The number of ether oxygens (including phenoxy) is 1. The second-order valence-electron chi connectivity index (χ2n) is 3.92. The van der Waals surface area contributed by atoms with Crippen molar-refractivity contribution in [3.63, 3.8) is 0 Å². The fourth-order valence-corrected chi connectivity index (χ4v) is 1.04. The molecule has 0 radical (unpaired) electrons. The van der Waals surface area contributed by atoms with Gasteiger partial charge in [-0.1, -0.05) is 0 Å². The molecule has 0 fully saturated rings. The molecule has 0 aromatic carbocycles. The zero-order valence-corrected chi connectivity index (χ0v) is 8.18. The molecule has 1 atom stereocenters. The van der Waals surface area contributed by atoms with E-state index in [1.165, 1.54) is 0 Å². The fourth-order valence-electron chi connectivity index (χ4n) is 1.04. The maximum Gasteiger partial charge on any atom is 0.237 e. The summed E-state index contributed by atoms with van der Waals surface area (Å²) in [4.78, 5) is 10.9.